The van der Waals surface area contributed by atoms with Crippen molar-refractivity contribution in [2.24, 2.45) is 0 Å². The number of alkyl halides is 3. The first-order chi connectivity index (χ1) is 3.73. The van der Waals surface area contributed by atoms with Crippen LogP contribution in [0.3, 0.4) is 0 Å². The first kappa shape index (κ1) is 18.0. The van der Waals surface area contributed by atoms with E-state index in [4.69, 9.17) is 48.1 Å². The van der Waals surface area contributed by atoms with Crippen LogP contribution in [0.2, 0.25) is 0 Å². The Kier molecular flexibility index (Phi) is 16.7. The summed E-state index contributed by atoms with van der Waals surface area (Å²) in [4.78, 5) is 0. The molecule has 9 heteroatoms. The van der Waals surface area contributed by atoms with Gasteiger partial charge in [-0.25, -0.2) is 0 Å². The molecule has 0 aliphatic heterocycles. The molecule has 0 aromatic heterocycles. The molecule has 0 saturated carbocycles. The molecule has 0 spiro atoms. The van der Waals surface area contributed by atoms with Crippen LogP contribution in [0.15, 0.2) is 0 Å². The van der Waals surface area contributed by atoms with E-state index in [1.165, 1.54) is 0 Å². The quantitative estimate of drug-likeness (QED) is 0.502. The minimum atomic E-state index is -3.83. The van der Waals surface area contributed by atoms with Crippen LogP contribution in [0, 0.1) is 0 Å². The van der Waals surface area contributed by atoms with Gasteiger partial charge in [0, 0.05) is 11.2 Å². The van der Waals surface area contributed by atoms with Gasteiger partial charge in [0.25, 0.3) is 9.05 Å². The van der Waals surface area contributed by atoms with Crippen molar-refractivity contribution in [3.05, 3.63) is 0 Å². The molecule has 0 aliphatic carbocycles. The molecule has 0 aliphatic rings. The summed E-state index contributed by atoms with van der Waals surface area (Å²) in [6, 6.07) is 0. The third kappa shape index (κ3) is 183. The van der Waals surface area contributed by atoms with Crippen LogP contribution in [-0.2, 0) is 20.2 Å². The molecule has 0 aromatic rings. The van der Waals surface area contributed by atoms with Crippen LogP contribution in [0.4, 0.5) is 0 Å². The third-order valence-electron chi connectivity index (χ3n) is 0. The number of rotatable bonds is 0. The second-order valence-corrected chi connectivity index (χ2v) is 4.87. The van der Waals surface area contributed by atoms with Crippen LogP contribution in [0.1, 0.15) is 0 Å². The summed E-state index contributed by atoms with van der Waals surface area (Å²) in [6.07, 6.45) is 0. The maximum absolute atomic E-state index is 9.11. The summed E-state index contributed by atoms with van der Waals surface area (Å²) < 4.78 is 23.2. The Hall–Kier alpha value is 2.16. The Morgan fingerprint density at radius 2 is 1.30 bits per heavy atom. The first-order valence-corrected chi connectivity index (χ1v) is 5.06. The Labute approximate surface area is 101 Å². The first-order valence-electron chi connectivity index (χ1n) is 1.35. The van der Waals surface area contributed by atoms with Gasteiger partial charge in [-0.1, -0.05) is 34.8 Å². The normalized spacial score (nSPS) is 9.40. The van der Waals surface area contributed by atoms with Gasteiger partial charge >= 0.3 is 29.6 Å². The van der Waals surface area contributed by atoms with Crippen molar-refractivity contribution < 1.29 is 13.3 Å². The maximum atomic E-state index is 9.11. The fourth-order valence-electron chi connectivity index (χ4n) is 0. The van der Waals surface area contributed by atoms with Gasteiger partial charge in [0.1, 0.15) is 0 Å². The van der Waals surface area contributed by atoms with E-state index < -0.39 is 13.3 Å². The summed E-state index contributed by atoms with van der Waals surface area (Å²) in [5, 5.41) is 0. The molecule has 0 radical (unpaired) electrons. The zero-order valence-electron chi connectivity index (χ0n) is 3.83. The third-order valence-corrected chi connectivity index (χ3v) is 0. The fourth-order valence-corrected chi connectivity index (χ4v) is 0. The van der Waals surface area contributed by atoms with Gasteiger partial charge in [-0.15, -0.1) is 0 Å². The summed E-state index contributed by atoms with van der Waals surface area (Å²) >= 11 is 17.9. The molecule has 0 bridgehead atoms. The van der Waals surface area contributed by atoms with E-state index in [0.29, 0.717) is 0 Å². The van der Waals surface area contributed by atoms with Gasteiger partial charge in [0.05, 0.1) is 0 Å². The van der Waals surface area contributed by atoms with Crippen molar-refractivity contribution in [1.82, 2.24) is 0 Å². The standard InChI is InChI=1S/CHCl3.Na.H2O3S2.H/c2-1(3)4;;1-5(2,3)4;/h1H;;(H2,1,2,3,4);. The fraction of sp³-hybridized carbons (Fsp3) is 1.00. The summed E-state index contributed by atoms with van der Waals surface area (Å²) in [6.45, 7) is 0. The molecule has 0 amide bonds. The van der Waals surface area contributed by atoms with Crippen LogP contribution >= 0.6 is 34.8 Å². The van der Waals surface area contributed by atoms with Gasteiger partial charge in [-0.3, -0.25) is 9.11 Å². The van der Waals surface area contributed by atoms with E-state index in [9.17, 15) is 0 Å². The molecule has 0 unspecified atom stereocenters. The van der Waals surface area contributed by atoms with E-state index >= 15 is 0 Å². The van der Waals surface area contributed by atoms with Gasteiger partial charge in [-0.2, -0.15) is 4.21 Å². The number of halogens is 3. The second kappa shape index (κ2) is 9.25. The van der Waals surface area contributed by atoms with Crippen molar-refractivity contribution >= 4 is 84.6 Å². The molecule has 0 rings (SSSR count). The van der Waals surface area contributed by atoms with Gasteiger partial charge in [-0.05, 0) is 0 Å². The van der Waals surface area contributed by atoms with Crippen LogP contribution in [0.5, 0.6) is 0 Å². The molecule has 60 valence electrons. The zero-order valence-corrected chi connectivity index (χ0v) is 7.73. The predicted octanol–water partition coefficient (Wildman–Crippen LogP) is 1.02. The molecule has 0 atom stereocenters. The molecule has 2 N–H and O–H groups in total. The topological polar surface area (TPSA) is 57.5 Å². The SMILES string of the molecule is ClC(Cl)Cl.O=S(O)(O)=S.[NaH]. The number of hydrogen-bond donors (Lipinski definition) is 2. The summed E-state index contributed by atoms with van der Waals surface area (Å²) in [5.74, 6) is 0. The Balaban J connectivity index is -0.0000000910. The molecule has 0 heterocycles. The van der Waals surface area contributed by atoms with E-state index in [1.807, 2.05) is 0 Å². The monoisotopic (exact) mass is 256 g/mol. The molecule has 0 aromatic carbocycles. The van der Waals surface area contributed by atoms with Crippen molar-refractivity contribution in [3.63, 3.8) is 0 Å². The van der Waals surface area contributed by atoms with Crippen molar-refractivity contribution in [2.75, 3.05) is 0 Å². The van der Waals surface area contributed by atoms with Crippen molar-refractivity contribution in [3.8, 4) is 0 Å². The number of hydrogen-bond acceptors (Lipinski definition) is 2. The van der Waals surface area contributed by atoms with Gasteiger partial charge in [0.15, 0.2) is 4.30 Å². The predicted molar refractivity (Wildman–Crippen MR) is 49.3 cm³/mol. The van der Waals surface area contributed by atoms with E-state index in [0.717, 1.165) is 0 Å². The van der Waals surface area contributed by atoms with Crippen LogP contribution in [-0.4, -0.2) is 47.2 Å². The molecule has 0 fully saturated rings. The molecule has 10 heavy (non-hydrogen) atoms. The minimum absolute atomic E-state index is 0. The van der Waals surface area contributed by atoms with Gasteiger partial charge in [0.2, 0.25) is 0 Å². The van der Waals surface area contributed by atoms with Crippen LogP contribution < -0.4 is 0 Å². The van der Waals surface area contributed by atoms with Crippen molar-refractivity contribution in [2.45, 2.75) is 4.30 Å². The second-order valence-electron chi connectivity index (χ2n) is 0.695. The Morgan fingerprint density at radius 3 is 1.30 bits per heavy atom. The summed E-state index contributed by atoms with van der Waals surface area (Å²) in [7, 11) is -3.83. The van der Waals surface area contributed by atoms with Gasteiger partial charge < -0.3 is 0 Å². The van der Waals surface area contributed by atoms with E-state index in [-0.39, 0.29) is 29.6 Å². The summed E-state index contributed by atoms with van der Waals surface area (Å²) in [5.41, 5.74) is 0. The van der Waals surface area contributed by atoms with Crippen LogP contribution in [0.25, 0.3) is 0 Å². The molecular formula is CH4Cl3NaO3S2. The molecular weight excluding hydrogens is 253 g/mol. The van der Waals surface area contributed by atoms with Crippen molar-refractivity contribution in [1.29, 1.82) is 0 Å². The molecule has 3 nitrogen and oxygen atoms in total. The Morgan fingerprint density at radius 1 is 1.30 bits per heavy atom. The average Bonchev–Trinajstić information content (AvgIpc) is 1.19. The van der Waals surface area contributed by atoms with E-state index in [1.54, 1.807) is 0 Å². The molecule has 0 saturated heterocycles. The average molecular weight is 258 g/mol. The zero-order chi connectivity index (χ0) is 8.08. The van der Waals surface area contributed by atoms with E-state index in [2.05, 4.69) is 11.2 Å². The Bertz CT molecular complexity index is 133.